The number of carbonyl (C=O) groups is 2. The largest absolute Gasteiger partial charge is 0.459 e. The third kappa shape index (κ3) is 3.61. The Morgan fingerprint density at radius 2 is 1.72 bits per heavy atom. The van der Waals surface area contributed by atoms with Crippen LogP contribution in [0.5, 0.6) is 0 Å². The lowest BCUT2D eigenvalue weighted by molar-refractivity contribution is 0.0848. The second kappa shape index (κ2) is 6.90. The number of hydrogen-bond donors (Lipinski definition) is 2. The van der Waals surface area contributed by atoms with Gasteiger partial charge in [0, 0.05) is 5.56 Å². The molecule has 25 heavy (non-hydrogen) atoms. The van der Waals surface area contributed by atoms with E-state index in [4.69, 9.17) is 4.42 Å². The zero-order valence-electron chi connectivity index (χ0n) is 14.0. The van der Waals surface area contributed by atoms with E-state index in [2.05, 4.69) is 15.8 Å². The molecule has 0 unspecified atom stereocenters. The molecule has 0 aliphatic carbocycles. The fourth-order valence-corrected chi connectivity index (χ4v) is 3.25. The molecule has 2 N–H and O–H groups in total. The Labute approximate surface area is 148 Å². The van der Waals surface area contributed by atoms with E-state index < -0.39 is 5.91 Å². The number of aromatic nitrogens is 1. The van der Waals surface area contributed by atoms with Crippen LogP contribution in [0.25, 0.3) is 10.8 Å². The summed E-state index contributed by atoms with van der Waals surface area (Å²) in [6.45, 7) is 5.42. The number of benzene rings is 1. The van der Waals surface area contributed by atoms with Gasteiger partial charge in [-0.2, -0.15) is 0 Å². The van der Waals surface area contributed by atoms with Crippen LogP contribution in [0.4, 0.5) is 0 Å². The quantitative estimate of drug-likeness (QED) is 0.705. The molecule has 0 bridgehead atoms. The number of thiazole rings is 1. The molecular weight excluding hydrogens is 338 g/mol. The highest BCUT2D eigenvalue weighted by molar-refractivity contribution is 7.17. The monoisotopic (exact) mass is 355 g/mol. The molecule has 2 amide bonds. The molecular formula is C18H17N3O3S. The summed E-state index contributed by atoms with van der Waals surface area (Å²) in [7, 11) is 0. The predicted molar refractivity (Wildman–Crippen MR) is 95.4 cm³/mol. The second-order valence-corrected chi connectivity index (χ2v) is 6.57. The van der Waals surface area contributed by atoms with Crippen LogP contribution in [0, 0.1) is 20.8 Å². The minimum atomic E-state index is -0.411. The van der Waals surface area contributed by atoms with Gasteiger partial charge < -0.3 is 4.42 Å². The van der Waals surface area contributed by atoms with Crippen molar-refractivity contribution in [1.82, 2.24) is 15.8 Å². The summed E-state index contributed by atoms with van der Waals surface area (Å²) in [5.41, 5.74) is 6.79. The second-order valence-electron chi connectivity index (χ2n) is 5.57. The van der Waals surface area contributed by atoms with E-state index in [-0.39, 0.29) is 5.91 Å². The molecule has 3 aromatic rings. The van der Waals surface area contributed by atoms with Crippen molar-refractivity contribution in [3.8, 4) is 10.8 Å². The minimum Gasteiger partial charge on any atom is -0.459 e. The first-order valence-corrected chi connectivity index (χ1v) is 8.48. The molecule has 7 heteroatoms. The van der Waals surface area contributed by atoms with Gasteiger partial charge in [-0.25, -0.2) is 4.98 Å². The number of nitrogens with zero attached hydrogens (tertiary/aromatic N) is 1. The average Bonchev–Trinajstić information content (AvgIpc) is 3.18. The Morgan fingerprint density at radius 1 is 1.00 bits per heavy atom. The van der Waals surface area contributed by atoms with Gasteiger partial charge >= 0.3 is 0 Å². The van der Waals surface area contributed by atoms with Gasteiger partial charge in [-0.3, -0.25) is 20.4 Å². The molecule has 1 aromatic carbocycles. The maximum absolute atomic E-state index is 12.4. The van der Waals surface area contributed by atoms with Crippen molar-refractivity contribution in [3.05, 3.63) is 63.9 Å². The summed E-state index contributed by atoms with van der Waals surface area (Å²) in [6, 6.07) is 10.8. The molecule has 0 saturated heterocycles. The highest BCUT2D eigenvalue weighted by atomic mass is 32.1. The van der Waals surface area contributed by atoms with Gasteiger partial charge in [-0.05, 0) is 44.5 Å². The van der Waals surface area contributed by atoms with Crippen LogP contribution in [-0.2, 0) is 0 Å². The topological polar surface area (TPSA) is 84.2 Å². The van der Waals surface area contributed by atoms with E-state index in [1.807, 2.05) is 38.1 Å². The fraction of sp³-hybridized carbons (Fsp3) is 0.167. The van der Waals surface area contributed by atoms with Crippen LogP contribution >= 0.6 is 11.3 Å². The number of aryl methyl sites for hydroxylation is 3. The van der Waals surface area contributed by atoms with Gasteiger partial charge in [0.15, 0.2) is 10.8 Å². The first-order chi connectivity index (χ1) is 12.0. The van der Waals surface area contributed by atoms with E-state index in [1.165, 1.54) is 11.3 Å². The summed E-state index contributed by atoms with van der Waals surface area (Å²) in [5.74, 6) is 0.620. The van der Waals surface area contributed by atoms with E-state index in [0.717, 1.165) is 11.3 Å². The molecule has 0 aliphatic heterocycles. The zero-order valence-corrected chi connectivity index (χ0v) is 14.9. The molecule has 0 fully saturated rings. The summed E-state index contributed by atoms with van der Waals surface area (Å²) >= 11 is 1.22. The van der Waals surface area contributed by atoms with Crippen LogP contribution in [0.2, 0.25) is 0 Å². The number of nitrogens with one attached hydrogen (secondary N) is 2. The number of carbonyl (C=O) groups excluding carboxylic acids is 2. The van der Waals surface area contributed by atoms with Crippen molar-refractivity contribution in [2.24, 2.45) is 0 Å². The van der Waals surface area contributed by atoms with Gasteiger partial charge in [0.05, 0.1) is 5.69 Å². The molecule has 0 saturated carbocycles. The van der Waals surface area contributed by atoms with E-state index in [9.17, 15) is 9.59 Å². The van der Waals surface area contributed by atoms with Gasteiger partial charge in [-0.15, -0.1) is 11.3 Å². The van der Waals surface area contributed by atoms with E-state index >= 15 is 0 Å². The predicted octanol–water partition coefficient (Wildman–Crippen LogP) is 3.40. The Balaban J connectivity index is 1.71. The minimum absolute atomic E-state index is 0.365. The lowest BCUT2D eigenvalue weighted by atomic mass is 10.1. The first kappa shape index (κ1) is 16.9. The van der Waals surface area contributed by atoms with Gasteiger partial charge in [0.1, 0.15) is 10.6 Å². The highest BCUT2D eigenvalue weighted by Crippen LogP contribution is 2.29. The SMILES string of the molecule is Cc1ccc(-c2nc(C)c(C(=O)NNC(=O)c3ccccc3C)s2)o1. The molecule has 2 heterocycles. The van der Waals surface area contributed by atoms with Crippen LogP contribution < -0.4 is 10.9 Å². The number of hydrogen-bond acceptors (Lipinski definition) is 5. The van der Waals surface area contributed by atoms with Crippen molar-refractivity contribution in [1.29, 1.82) is 0 Å². The lowest BCUT2D eigenvalue weighted by Crippen LogP contribution is -2.41. The standard InChI is InChI=1S/C18H17N3O3S/c1-10-6-4-5-7-13(10)16(22)20-21-17(23)15-12(3)19-18(25-15)14-9-8-11(2)24-14/h4-9H,1-3H3,(H,20,22)(H,21,23). The summed E-state index contributed by atoms with van der Waals surface area (Å²) in [4.78, 5) is 29.3. The van der Waals surface area contributed by atoms with E-state index in [1.54, 1.807) is 19.1 Å². The van der Waals surface area contributed by atoms with Crippen molar-refractivity contribution >= 4 is 23.2 Å². The average molecular weight is 355 g/mol. The molecule has 6 nitrogen and oxygen atoms in total. The van der Waals surface area contributed by atoms with Crippen molar-refractivity contribution in [2.75, 3.05) is 0 Å². The molecule has 0 spiro atoms. The lowest BCUT2D eigenvalue weighted by Gasteiger charge is -2.08. The molecule has 0 aliphatic rings. The number of rotatable bonds is 3. The van der Waals surface area contributed by atoms with Gasteiger partial charge in [-0.1, -0.05) is 18.2 Å². The third-order valence-electron chi connectivity index (χ3n) is 3.63. The van der Waals surface area contributed by atoms with Crippen molar-refractivity contribution in [3.63, 3.8) is 0 Å². The first-order valence-electron chi connectivity index (χ1n) is 7.66. The summed E-state index contributed by atoms with van der Waals surface area (Å²) < 4.78 is 5.53. The van der Waals surface area contributed by atoms with Crippen LogP contribution in [0.1, 0.15) is 37.0 Å². The van der Waals surface area contributed by atoms with Gasteiger partial charge in [0.2, 0.25) is 0 Å². The van der Waals surface area contributed by atoms with Crippen LogP contribution in [-0.4, -0.2) is 16.8 Å². The molecule has 3 rings (SSSR count). The Hall–Kier alpha value is -2.93. The summed E-state index contributed by atoms with van der Waals surface area (Å²) in [6.07, 6.45) is 0. The van der Waals surface area contributed by atoms with E-state index in [0.29, 0.717) is 26.9 Å². The Morgan fingerprint density at radius 3 is 2.40 bits per heavy atom. The number of furan rings is 1. The van der Waals surface area contributed by atoms with Crippen molar-refractivity contribution < 1.29 is 14.0 Å². The highest BCUT2D eigenvalue weighted by Gasteiger charge is 2.18. The zero-order chi connectivity index (χ0) is 18.0. The molecule has 128 valence electrons. The van der Waals surface area contributed by atoms with Crippen LogP contribution in [0.3, 0.4) is 0 Å². The normalized spacial score (nSPS) is 10.5. The third-order valence-corrected chi connectivity index (χ3v) is 4.80. The Kier molecular flexibility index (Phi) is 4.67. The van der Waals surface area contributed by atoms with Gasteiger partial charge in [0.25, 0.3) is 11.8 Å². The van der Waals surface area contributed by atoms with Crippen LogP contribution in [0.15, 0.2) is 40.8 Å². The molecule has 2 aromatic heterocycles. The maximum atomic E-state index is 12.4. The fourth-order valence-electron chi connectivity index (χ4n) is 2.33. The summed E-state index contributed by atoms with van der Waals surface area (Å²) in [5, 5.41) is 0.626. The number of amides is 2. The van der Waals surface area contributed by atoms with Crippen molar-refractivity contribution in [2.45, 2.75) is 20.8 Å². The molecule has 0 atom stereocenters. The maximum Gasteiger partial charge on any atom is 0.281 e. The molecule has 0 radical (unpaired) electrons. The smallest absolute Gasteiger partial charge is 0.281 e. The number of hydrazine groups is 1. The Bertz CT molecular complexity index is 943.